The van der Waals surface area contributed by atoms with Gasteiger partial charge in [0.25, 0.3) is 0 Å². The van der Waals surface area contributed by atoms with E-state index in [0.717, 1.165) is 6.42 Å². The zero-order valence-electron chi connectivity index (χ0n) is 8.13. The first-order chi connectivity index (χ1) is 5.66. The molecule has 1 atom stereocenters. The summed E-state index contributed by atoms with van der Waals surface area (Å²) in [7, 11) is 0. The molecule has 0 spiro atoms. The molecule has 0 aromatic carbocycles. The predicted molar refractivity (Wildman–Crippen MR) is 49.8 cm³/mol. The SMILES string of the molecule is CC#CCCC(O)COC(C)C. The van der Waals surface area contributed by atoms with Crippen molar-refractivity contribution in [3.05, 3.63) is 0 Å². The Morgan fingerprint density at radius 2 is 2.08 bits per heavy atom. The summed E-state index contributed by atoms with van der Waals surface area (Å²) in [6, 6.07) is 0. The van der Waals surface area contributed by atoms with Gasteiger partial charge < -0.3 is 9.84 Å². The van der Waals surface area contributed by atoms with Gasteiger partial charge in [-0.3, -0.25) is 0 Å². The fraction of sp³-hybridized carbons (Fsp3) is 0.800. The smallest absolute Gasteiger partial charge is 0.0782 e. The Balaban J connectivity index is 3.31. The highest BCUT2D eigenvalue weighted by molar-refractivity contribution is 4.94. The summed E-state index contributed by atoms with van der Waals surface area (Å²) < 4.78 is 5.24. The topological polar surface area (TPSA) is 29.5 Å². The Kier molecular flexibility index (Phi) is 6.84. The Bertz CT molecular complexity index is 153. The van der Waals surface area contributed by atoms with Gasteiger partial charge in [0, 0.05) is 6.42 Å². The second-order valence-electron chi connectivity index (χ2n) is 3.00. The van der Waals surface area contributed by atoms with E-state index in [4.69, 9.17) is 4.74 Å². The fourth-order valence-electron chi connectivity index (χ4n) is 0.751. The van der Waals surface area contributed by atoms with Crippen molar-refractivity contribution >= 4 is 0 Å². The minimum Gasteiger partial charge on any atom is -0.391 e. The van der Waals surface area contributed by atoms with Crippen LogP contribution in [0.4, 0.5) is 0 Å². The number of aliphatic hydroxyl groups excluding tert-OH is 1. The summed E-state index contributed by atoms with van der Waals surface area (Å²) in [4.78, 5) is 0. The van der Waals surface area contributed by atoms with Crippen molar-refractivity contribution in [2.24, 2.45) is 0 Å². The maximum Gasteiger partial charge on any atom is 0.0782 e. The van der Waals surface area contributed by atoms with Crippen LogP contribution in [0.2, 0.25) is 0 Å². The van der Waals surface area contributed by atoms with E-state index >= 15 is 0 Å². The molecule has 1 unspecified atom stereocenters. The highest BCUT2D eigenvalue weighted by Crippen LogP contribution is 1.98. The summed E-state index contributed by atoms with van der Waals surface area (Å²) in [6.45, 7) is 6.14. The first kappa shape index (κ1) is 11.5. The lowest BCUT2D eigenvalue weighted by atomic mass is 10.2. The van der Waals surface area contributed by atoms with Crippen LogP contribution in [0.25, 0.3) is 0 Å². The van der Waals surface area contributed by atoms with Crippen molar-refractivity contribution in [3.63, 3.8) is 0 Å². The maximum atomic E-state index is 9.33. The largest absolute Gasteiger partial charge is 0.391 e. The monoisotopic (exact) mass is 170 g/mol. The van der Waals surface area contributed by atoms with Crippen LogP contribution in [-0.2, 0) is 4.74 Å². The van der Waals surface area contributed by atoms with Crippen molar-refractivity contribution in [2.45, 2.75) is 45.8 Å². The number of rotatable bonds is 5. The van der Waals surface area contributed by atoms with Gasteiger partial charge in [-0.1, -0.05) is 0 Å². The lowest BCUT2D eigenvalue weighted by Crippen LogP contribution is -2.17. The molecule has 0 rings (SSSR count). The molecule has 0 aliphatic heterocycles. The van der Waals surface area contributed by atoms with Gasteiger partial charge in [0.2, 0.25) is 0 Å². The lowest BCUT2D eigenvalue weighted by Gasteiger charge is -2.11. The van der Waals surface area contributed by atoms with Crippen LogP contribution >= 0.6 is 0 Å². The highest BCUT2D eigenvalue weighted by Gasteiger charge is 2.03. The van der Waals surface area contributed by atoms with Gasteiger partial charge in [0.1, 0.15) is 0 Å². The van der Waals surface area contributed by atoms with Crippen LogP contribution < -0.4 is 0 Å². The molecule has 0 fully saturated rings. The zero-order valence-corrected chi connectivity index (χ0v) is 8.13. The van der Waals surface area contributed by atoms with Crippen LogP contribution in [-0.4, -0.2) is 23.9 Å². The minimum absolute atomic E-state index is 0.192. The molecule has 70 valence electrons. The molecule has 0 aliphatic carbocycles. The van der Waals surface area contributed by atoms with Crippen molar-refractivity contribution in [3.8, 4) is 11.8 Å². The minimum atomic E-state index is -0.367. The zero-order chi connectivity index (χ0) is 9.40. The average molecular weight is 170 g/mol. The van der Waals surface area contributed by atoms with Crippen LogP contribution in [0.1, 0.15) is 33.6 Å². The van der Waals surface area contributed by atoms with Gasteiger partial charge in [-0.15, -0.1) is 11.8 Å². The third kappa shape index (κ3) is 7.59. The molecule has 0 saturated carbocycles. The van der Waals surface area contributed by atoms with Gasteiger partial charge in [-0.05, 0) is 27.2 Å². The lowest BCUT2D eigenvalue weighted by molar-refractivity contribution is 0.00332. The first-order valence-electron chi connectivity index (χ1n) is 4.36. The molecule has 12 heavy (non-hydrogen) atoms. The quantitative estimate of drug-likeness (QED) is 0.635. The van der Waals surface area contributed by atoms with E-state index in [-0.39, 0.29) is 12.2 Å². The predicted octanol–water partition coefficient (Wildman–Crippen LogP) is 1.58. The fourth-order valence-corrected chi connectivity index (χ4v) is 0.751. The van der Waals surface area contributed by atoms with Crippen molar-refractivity contribution in [2.75, 3.05) is 6.61 Å². The standard InChI is InChI=1S/C10H18O2/c1-4-5-6-7-10(11)8-12-9(2)3/h9-11H,6-8H2,1-3H3. The van der Waals surface area contributed by atoms with E-state index in [0.29, 0.717) is 13.0 Å². The Hall–Kier alpha value is -0.520. The van der Waals surface area contributed by atoms with Gasteiger partial charge in [-0.25, -0.2) is 0 Å². The third-order valence-electron chi connectivity index (χ3n) is 1.40. The number of hydrogen-bond donors (Lipinski definition) is 1. The maximum absolute atomic E-state index is 9.33. The van der Waals surface area contributed by atoms with Crippen LogP contribution in [0.15, 0.2) is 0 Å². The summed E-state index contributed by atoms with van der Waals surface area (Å²) in [5.74, 6) is 5.69. The second kappa shape index (κ2) is 7.15. The Morgan fingerprint density at radius 3 is 2.58 bits per heavy atom. The Morgan fingerprint density at radius 1 is 1.42 bits per heavy atom. The molecule has 1 N–H and O–H groups in total. The molecule has 0 amide bonds. The van der Waals surface area contributed by atoms with Gasteiger partial charge in [0.15, 0.2) is 0 Å². The molecule has 0 heterocycles. The van der Waals surface area contributed by atoms with Crippen LogP contribution in [0.3, 0.4) is 0 Å². The van der Waals surface area contributed by atoms with Crippen LogP contribution in [0, 0.1) is 11.8 Å². The third-order valence-corrected chi connectivity index (χ3v) is 1.40. The van der Waals surface area contributed by atoms with E-state index < -0.39 is 0 Å². The number of hydrogen-bond acceptors (Lipinski definition) is 2. The molecule has 0 bridgehead atoms. The van der Waals surface area contributed by atoms with Crippen molar-refractivity contribution in [1.29, 1.82) is 0 Å². The summed E-state index contributed by atoms with van der Waals surface area (Å²) >= 11 is 0. The molecule has 2 heteroatoms. The summed E-state index contributed by atoms with van der Waals surface area (Å²) in [5.41, 5.74) is 0. The Labute approximate surface area is 74.9 Å². The van der Waals surface area contributed by atoms with Crippen molar-refractivity contribution < 1.29 is 9.84 Å². The van der Waals surface area contributed by atoms with Crippen LogP contribution in [0.5, 0.6) is 0 Å². The number of ether oxygens (including phenoxy) is 1. The van der Waals surface area contributed by atoms with Gasteiger partial charge in [0.05, 0.1) is 18.8 Å². The van der Waals surface area contributed by atoms with E-state index in [2.05, 4.69) is 11.8 Å². The summed E-state index contributed by atoms with van der Waals surface area (Å²) in [5, 5.41) is 9.33. The molecule has 0 aromatic heterocycles. The molecular weight excluding hydrogens is 152 g/mol. The molecule has 0 saturated heterocycles. The van der Waals surface area contributed by atoms with E-state index in [1.165, 1.54) is 0 Å². The average Bonchev–Trinajstić information content (AvgIpc) is 2.01. The first-order valence-corrected chi connectivity index (χ1v) is 4.36. The molecular formula is C10H18O2. The van der Waals surface area contributed by atoms with Gasteiger partial charge >= 0.3 is 0 Å². The van der Waals surface area contributed by atoms with E-state index in [1.54, 1.807) is 6.92 Å². The summed E-state index contributed by atoms with van der Waals surface area (Å²) in [6.07, 6.45) is 1.28. The number of aliphatic hydroxyl groups is 1. The highest BCUT2D eigenvalue weighted by atomic mass is 16.5. The molecule has 2 nitrogen and oxygen atoms in total. The molecule has 0 radical (unpaired) electrons. The second-order valence-corrected chi connectivity index (χ2v) is 3.00. The van der Waals surface area contributed by atoms with Gasteiger partial charge in [-0.2, -0.15) is 0 Å². The normalized spacial score (nSPS) is 12.4. The molecule has 0 aliphatic rings. The van der Waals surface area contributed by atoms with Crippen molar-refractivity contribution in [1.82, 2.24) is 0 Å². The van der Waals surface area contributed by atoms with E-state index in [9.17, 15) is 5.11 Å². The van der Waals surface area contributed by atoms with E-state index in [1.807, 2.05) is 13.8 Å². The molecule has 0 aromatic rings.